The molecule has 0 saturated carbocycles. The van der Waals surface area contributed by atoms with Crippen molar-refractivity contribution in [2.45, 2.75) is 13.0 Å². The van der Waals surface area contributed by atoms with E-state index >= 15 is 0 Å². The Kier molecular flexibility index (Phi) is 4.88. The minimum atomic E-state index is -0.949. The summed E-state index contributed by atoms with van der Waals surface area (Å²) in [6.45, 7) is 0.415. The number of carbonyl (C=O) groups excluding carboxylic acids is 1. The summed E-state index contributed by atoms with van der Waals surface area (Å²) in [5, 5.41) is 10.4. The second-order valence-corrected chi connectivity index (χ2v) is 6.13. The fourth-order valence-corrected chi connectivity index (χ4v) is 2.93. The quantitative estimate of drug-likeness (QED) is 0.755. The predicted molar refractivity (Wildman–Crippen MR) is 95.2 cm³/mol. The summed E-state index contributed by atoms with van der Waals surface area (Å²) < 4.78 is 6.61. The van der Waals surface area contributed by atoms with Crippen LogP contribution in [0.25, 0.3) is 10.9 Å². The van der Waals surface area contributed by atoms with E-state index in [2.05, 4.69) is 0 Å². The van der Waals surface area contributed by atoms with Gasteiger partial charge < -0.3 is 9.84 Å². The molecule has 0 radical (unpaired) electrons. The number of hydrogen-bond donors (Lipinski definition) is 1. The molecule has 0 aliphatic rings. The van der Waals surface area contributed by atoms with Crippen molar-refractivity contribution < 1.29 is 19.4 Å². The number of rotatable bonds is 5. The van der Waals surface area contributed by atoms with Crippen LogP contribution >= 0.6 is 11.6 Å². The van der Waals surface area contributed by atoms with Crippen molar-refractivity contribution in [3.05, 3.63) is 70.4 Å². The first kappa shape index (κ1) is 17.2. The zero-order chi connectivity index (χ0) is 18.0. The van der Waals surface area contributed by atoms with Gasteiger partial charge in [0.1, 0.15) is 0 Å². The number of hydrogen-bond acceptors (Lipinski definition) is 3. The first-order valence-corrected chi connectivity index (χ1v) is 8.01. The third-order valence-corrected chi connectivity index (χ3v) is 4.17. The van der Waals surface area contributed by atoms with Gasteiger partial charge in [0.2, 0.25) is 0 Å². The maximum absolute atomic E-state index is 12.8. The third-order valence-electron chi connectivity index (χ3n) is 3.91. The molecule has 0 spiro atoms. The summed E-state index contributed by atoms with van der Waals surface area (Å²) in [6, 6.07) is 12.1. The van der Waals surface area contributed by atoms with Crippen molar-refractivity contribution in [2.24, 2.45) is 0 Å². The summed E-state index contributed by atoms with van der Waals surface area (Å²) in [5.41, 5.74) is 2.64. The van der Waals surface area contributed by atoms with E-state index < -0.39 is 5.97 Å². The number of aromatic nitrogens is 1. The lowest BCUT2D eigenvalue weighted by Crippen LogP contribution is -2.10. The minimum absolute atomic E-state index is 0.159. The van der Waals surface area contributed by atoms with E-state index in [0.717, 1.165) is 10.9 Å². The highest BCUT2D eigenvalue weighted by atomic mass is 35.5. The lowest BCUT2D eigenvalue weighted by Gasteiger charge is -2.05. The highest BCUT2D eigenvalue weighted by Gasteiger charge is 2.17. The van der Waals surface area contributed by atoms with Crippen LogP contribution in [0.5, 0.6) is 0 Å². The molecule has 5 nitrogen and oxygen atoms in total. The Labute approximate surface area is 149 Å². The number of halogens is 1. The van der Waals surface area contributed by atoms with E-state index in [0.29, 0.717) is 28.3 Å². The van der Waals surface area contributed by atoms with Crippen LogP contribution in [0.2, 0.25) is 5.02 Å². The molecular formula is C19H16ClNO4. The highest BCUT2D eigenvalue weighted by molar-refractivity contribution is 6.30. The molecule has 1 aromatic heterocycles. The van der Waals surface area contributed by atoms with Gasteiger partial charge in [-0.1, -0.05) is 17.7 Å². The average Bonchev–Trinajstić information content (AvgIpc) is 2.93. The summed E-state index contributed by atoms with van der Waals surface area (Å²) in [7, 11) is 1.59. The van der Waals surface area contributed by atoms with Crippen molar-refractivity contribution in [3.8, 4) is 0 Å². The van der Waals surface area contributed by atoms with Gasteiger partial charge in [-0.15, -0.1) is 0 Å². The van der Waals surface area contributed by atoms with Crippen molar-refractivity contribution in [3.63, 3.8) is 0 Å². The van der Waals surface area contributed by atoms with Gasteiger partial charge in [-0.05, 0) is 47.5 Å². The number of methoxy groups -OCH3 is 1. The fourth-order valence-electron chi connectivity index (χ4n) is 2.81. The molecule has 2 aromatic carbocycles. The molecule has 25 heavy (non-hydrogen) atoms. The lowest BCUT2D eigenvalue weighted by atomic mass is 10.1. The topological polar surface area (TPSA) is 68.5 Å². The Morgan fingerprint density at radius 2 is 1.88 bits per heavy atom. The molecule has 0 aliphatic heterocycles. The molecule has 1 N–H and O–H groups in total. The minimum Gasteiger partial charge on any atom is -0.481 e. The van der Waals surface area contributed by atoms with E-state index in [1.165, 1.54) is 4.57 Å². The zero-order valence-electron chi connectivity index (χ0n) is 13.5. The van der Waals surface area contributed by atoms with Gasteiger partial charge in [0.05, 0.1) is 18.5 Å². The molecule has 128 valence electrons. The van der Waals surface area contributed by atoms with Crippen LogP contribution in [-0.4, -0.2) is 28.7 Å². The standard InChI is InChI=1S/C19H16ClNO4/c1-25-11-12-2-7-17-16(8-12)14(9-18(22)23)10-21(17)19(24)13-3-5-15(20)6-4-13/h2-8,10H,9,11H2,1H3,(H,22,23). The Balaban J connectivity index is 2.12. The highest BCUT2D eigenvalue weighted by Crippen LogP contribution is 2.25. The first-order valence-electron chi connectivity index (χ1n) is 7.63. The number of ether oxygens (including phenoxy) is 1. The summed E-state index contributed by atoms with van der Waals surface area (Å²) in [6.07, 6.45) is 1.43. The molecule has 0 saturated heterocycles. The maximum atomic E-state index is 12.8. The molecule has 1 heterocycles. The molecule has 0 aliphatic carbocycles. The zero-order valence-corrected chi connectivity index (χ0v) is 14.3. The van der Waals surface area contributed by atoms with Crippen LogP contribution < -0.4 is 0 Å². The molecule has 0 unspecified atom stereocenters. The number of benzene rings is 2. The van der Waals surface area contributed by atoms with Gasteiger partial charge in [-0.3, -0.25) is 14.2 Å². The third kappa shape index (κ3) is 3.57. The van der Waals surface area contributed by atoms with Crippen LogP contribution in [0, 0.1) is 0 Å². The van der Waals surface area contributed by atoms with Crippen LogP contribution in [0.1, 0.15) is 21.5 Å². The molecule has 0 bridgehead atoms. The molecule has 3 rings (SSSR count). The van der Waals surface area contributed by atoms with E-state index in [-0.39, 0.29) is 12.3 Å². The van der Waals surface area contributed by atoms with Crippen molar-refractivity contribution in [1.82, 2.24) is 4.57 Å². The van der Waals surface area contributed by atoms with Gasteiger partial charge >= 0.3 is 5.97 Å². The van der Waals surface area contributed by atoms with Gasteiger partial charge in [0, 0.05) is 29.3 Å². The van der Waals surface area contributed by atoms with Gasteiger partial charge in [0.25, 0.3) is 5.91 Å². The largest absolute Gasteiger partial charge is 0.481 e. The number of aliphatic carboxylic acids is 1. The van der Waals surface area contributed by atoms with E-state index in [1.54, 1.807) is 37.6 Å². The Bertz CT molecular complexity index is 944. The number of fused-ring (bicyclic) bond motifs is 1. The normalized spacial score (nSPS) is 11.0. The maximum Gasteiger partial charge on any atom is 0.307 e. The molecule has 6 heteroatoms. The second-order valence-electron chi connectivity index (χ2n) is 5.69. The smallest absolute Gasteiger partial charge is 0.307 e. The Morgan fingerprint density at radius 3 is 2.52 bits per heavy atom. The number of carbonyl (C=O) groups is 2. The van der Waals surface area contributed by atoms with Crippen molar-refractivity contribution in [1.29, 1.82) is 0 Å². The van der Waals surface area contributed by atoms with Crippen LogP contribution in [0.15, 0.2) is 48.7 Å². The van der Waals surface area contributed by atoms with Crippen LogP contribution in [-0.2, 0) is 22.6 Å². The van der Waals surface area contributed by atoms with Crippen LogP contribution in [0.4, 0.5) is 0 Å². The predicted octanol–water partition coefficient (Wildman–Crippen LogP) is 3.76. The number of carboxylic acid groups (broad SMARTS) is 1. The van der Waals surface area contributed by atoms with E-state index in [9.17, 15) is 9.59 Å². The number of nitrogens with zero attached hydrogens (tertiary/aromatic N) is 1. The Hall–Kier alpha value is -2.63. The average molecular weight is 358 g/mol. The Morgan fingerprint density at radius 1 is 1.16 bits per heavy atom. The molecule has 3 aromatic rings. The summed E-state index contributed by atoms with van der Waals surface area (Å²) in [5.74, 6) is -1.19. The first-order chi connectivity index (χ1) is 12.0. The molecule has 0 atom stereocenters. The van der Waals surface area contributed by atoms with Crippen LogP contribution in [0.3, 0.4) is 0 Å². The summed E-state index contributed by atoms with van der Waals surface area (Å²) >= 11 is 5.87. The second kappa shape index (κ2) is 7.09. The van der Waals surface area contributed by atoms with E-state index in [1.807, 2.05) is 18.2 Å². The summed E-state index contributed by atoms with van der Waals surface area (Å²) in [4.78, 5) is 24.0. The molecular weight excluding hydrogens is 342 g/mol. The van der Waals surface area contributed by atoms with Crippen molar-refractivity contribution in [2.75, 3.05) is 7.11 Å². The fraction of sp³-hybridized carbons (Fsp3) is 0.158. The SMILES string of the molecule is COCc1ccc2c(c1)c(CC(=O)O)cn2C(=O)c1ccc(Cl)cc1. The van der Waals surface area contributed by atoms with Gasteiger partial charge in [-0.2, -0.15) is 0 Å². The van der Waals surface area contributed by atoms with Gasteiger partial charge in [-0.25, -0.2) is 0 Å². The van der Waals surface area contributed by atoms with Gasteiger partial charge in [0.15, 0.2) is 0 Å². The molecule has 0 fully saturated rings. The number of carboxylic acids is 1. The lowest BCUT2D eigenvalue weighted by molar-refractivity contribution is -0.136. The van der Waals surface area contributed by atoms with E-state index in [4.69, 9.17) is 21.4 Å². The molecule has 0 amide bonds. The van der Waals surface area contributed by atoms with Crippen molar-refractivity contribution >= 4 is 34.4 Å². The monoisotopic (exact) mass is 357 g/mol.